The molecular formula is C5H3AlCl3IN2O2. The van der Waals surface area contributed by atoms with Crippen molar-refractivity contribution in [1.29, 1.82) is 0 Å². The van der Waals surface area contributed by atoms with Gasteiger partial charge >= 0.3 is 18.2 Å². The Balaban J connectivity index is 5.08. The number of allylic oxidation sites excluding steroid dienone is 1. The van der Waals surface area contributed by atoms with Crippen molar-refractivity contribution in [2.24, 2.45) is 5.73 Å². The predicted octanol–water partition coefficient (Wildman–Crippen LogP) is 1.69. The van der Waals surface area contributed by atoms with Gasteiger partial charge in [0.15, 0.2) is 0 Å². The lowest BCUT2D eigenvalue weighted by atomic mass is 10.3. The van der Waals surface area contributed by atoms with Gasteiger partial charge in [-0.15, -0.1) is 0 Å². The molecule has 9 heteroatoms. The zero-order chi connectivity index (χ0) is 11.4. The Labute approximate surface area is 113 Å². The molecular weight excluding hydrogens is 380 g/mol. The maximum Gasteiger partial charge on any atom is 0.613 e. The van der Waals surface area contributed by atoms with E-state index in [0.29, 0.717) is 0 Å². The van der Waals surface area contributed by atoms with Crippen molar-refractivity contribution in [2.75, 3.05) is 0 Å². The van der Waals surface area contributed by atoms with Crippen LogP contribution in [0.4, 0.5) is 0 Å². The van der Waals surface area contributed by atoms with Crippen LogP contribution in [0.1, 0.15) is 0 Å². The molecule has 0 aromatic rings. The van der Waals surface area contributed by atoms with Crippen LogP contribution in [0.15, 0.2) is 11.4 Å². The number of hydrogen-bond acceptors (Lipinski definition) is 3. The SMILES string of the molecule is [C-]#[N+]/C(C(=O)[O][AlH][I])=C(\N)C(Cl)(Cl)Cl. The molecule has 0 aliphatic heterocycles. The van der Waals surface area contributed by atoms with E-state index in [4.69, 9.17) is 47.1 Å². The summed E-state index contributed by atoms with van der Waals surface area (Å²) in [4.78, 5) is 14.0. The first-order valence-electron chi connectivity index (χ1n) is 3.02. The van der Waals surface area contributed by atoms with E-state index in [1.165, 1.54) is 0 Å². The van der Waals surface area contributed by atoms with Crippen LogP contribution < -0.4 is 5.73 Å². The van der Waals surface area contributed by atoms with E-state index >= 15 is 0 Å². The summed E-state index contributed by atoms with van der Waals surface area (Å²) in [6.45, 7) is 6.70. The van der Waals surface area contributed by atoms with E-state index in [-0.39, 0.29) is 0 Å². The molecule has 0 aliphatic carbocycles. The molecule has 4 nitrogen and oxygen atoms in total. The first-order valence-corrected chi connectivity index (χ1v) is 9.84. The summed E-state index contributed by atoms with van der Waals surface area (Å²) in [5, 5.41) is 0. The fourth-order valence-corrected chi connectivity index (χ4v) is 1.82. The highest BCUT2D eigenvalue weighted by Gasteiger charge is 2.30. The molecule has 14 heavy (non-hydrogen) atoms. The van der Waals surface area contributed by atoms with Crippen LogP contribution in [0.2, 0.25) is 0 Å². The number of nitrogens with two attached hydrogens (primary N) is 1. The first-order chi connectivity index (χ1) is 6.34. The van der Waals surface area contributed by atoms with Crippen LogP contribution in [-0.4, -0.2) is 22.0 Å². The average molecular weight is 383 g/mol. The summed E-state index contributed by atoms with van der Waals surface area (Å²) >= 11 is 17.1. The Morgan fingerprint density at radius 3 is 2.36 bits per heavy atom. The minimum absolute atomic E-state index is 0.415. The van der Waals surface area contributed by atoms with E-state index in [2.05, 4.69) is 8.63 Å². The Hall–Kier alpha value is 0.632. The van der Waals surface area contributed by atoms with E-state index in [0.717, 1.165) is 0 Å². The number of carbonyl (C=O) groups excluding carboxylic acids is 1. The third kappa shape index (κ3) is 4.43. The summed E-state index contributed by atoms with van der Waals surface area (Å²) in [5.41, 5.74) is 4.43. The van der Waals surface area contributed by atoms with Crippen molar-refractivity contribution in [3.05, 3.63) is 22.8 Å². The van der Waals surface area contributed by atoms with E-state index in [9.17, 15) is 4.79 Å². The van der Waals surface area contributed by atoms with Crippen molar-refractivity contribution in [1.82, 2.24) is 0 Å². The topological polar surface area (TPSA) is 56.7 Å². The third-order valence-electron chi connectivity index (χ3n) is 1.05. The summed E-state index contributed by atoms with van der Waals surface area (Å²) < 4.78 is 2.70. The second kappa shape index (κ2) is 6.27. The molecule has 0 spiro atoms. The van der Waals surface area contributed by atoms with Gasteiger partial charge < -0.3 is 9.52 Å². The monoisotopic (exact) mass is 382 g/mol. The summed E-state index contributed by atoms with van der Waals surface area (Å²) in [6.07, 6.45) is 0. The molecule has 0 aromatic carbocycles. The van der Waals surface area contributed by atoms with Gasteiger partial charge in [0.05, 0.1) is 12.3 Å². The highest BCUT2D eigenvalue weighted by Crippen LogP contribution is 2.33. The van der Waals surface area contributed by atoms with Gasteiger partial charge in [-0.2, -0.15) is 20.3 Å². The quantitative estimate of drug-likeness (QED) is 0.260. The van der Waals surface area contributed by atoms with E-state index in [1.807, 2.05) is 20.3 Å². The second-order valence-electron chi connectivity index (χ2n) is 1.91. The highest BCUT2D eigenvalue weighted by atomic mass is 127. The smallest absolute Gasteiger partial charge is 0.613 e. The Morgan fingerprint density at radius 2 is 2.07 bits per heavy atom. The Kier molecular flexibility index (Phi) is 6.55. The van der Waals surface area contributed by atoms with Gasteiger partial charge in [0.2, 0.25) is 3.79 Å². The van der Waals surface area contributed by atoms with Gasteiger partial charge in [-0.05, 0) is 0 Å². The van der Waals surface area contributed by atoms with Crippen molar-refractivity contribution in [3.8, 4) is 0 Å². The van der Waals surface area contributed by atoms with E-state index < -0.39 is 33.4 Å². The van der Waals surface area contributed by atoms with Crippen LogP contribution in [0.25, 0.3) is 4.85 Å². The normalized spacial score (nSPS) is 12.5. The van der Waals surface area contributed by atoms with Crippen molar-refractivity contribution in [2.45, 2.75) is 3.79 Å². The number of nitrogens with zero attached hydrogens (tertiary/aromatic N) is 1. The standard InChI is InChI=1S/C5H3Cl3N2O2.Al.HI.H/c1-10-2(4(11)12)3(9)5(6,7)8;;;/h9H2,(H,11,12);;1H;/q;+2;;/p-2/b3-2-;;;. The number of rotatable bonds is 2. The Bertz CT molecular complexity index is 309. The minimum Gasteiger partial charge on any atom is -0.617 e. The number of hydrogen-bond donors (Lipinski definition) is 1. The molecule has 0 bridgehead atoms. The lowest BCUT2D eigenvalue weighted by Gasteiger charge is -2.13. The van der Waals surface area contributed by atoms with Gasteiger partial charge in [-0.25, -0.2) is 4.85 Å². The first kappa shape index (κ1) is 14.6. The molecule has 0 rings (SSSR count). The molecule has 0 atom stereocenters. The van der Waals surface area contributed by atoms with Gasteiger partial charge in [0.1, 0.15) is 0 Å². The van der Waals surface area contributed by atoms with Crippen molar-refractivity contribution in [3.63, 3.8) is 0 Å². The molecule has 0 radical (unpaired) electrons. The average Bonchev–Trinajstić information content (AvgIpc) is 2.04. The van der Waals surface area contributed by atoms with Gasteiger partial charge in [0.25, 0.3) is 5.70 Å². The molecule has 2 N–H and O–H groups in total. The molecule has 76 valence electrons. The molecule has 0 aliphatic rings. The predicted molar refractivity (Wildman–Crippen MR) is 65.4 cm³/mol. The van der Waals surface area contributed by atoms with Crippen molar-refractivity contribution >= 4 is 73.3 Å². The van der Waals surface area contributed by atoms with Crippen LogP contribution in [0, 0.1) is 6.57 Å². The maximum atomic E-state index is 11.1. The Morgan fingerprint density at radius 1 is 1.57 bits per heavy atom. The maximum absolute atomic E-state index is 11.1. The zero-order valence-corrected chi connectivity index (χ0v) is 12.4. The number of carbonyl (C=O) groups is 1. The fraction of sp³-hybridized carbons (Fsp3) is 0.200. The molecule has 0 fully saturated rings. The number of halogens is 4. The van der Waals surface area contributed by atoms with Crippen LogP contribution >= 0.6 is 55.1 Å². The van der Waals surface area contributed by atoms with Crippen LogP contribution in [-0.2, 0) is 8.58 Å². The molecule has 0 saturated carbocycles. The minimum atomic E-state index is -1.97. The largest absolute Gasteiger partial charge is 0.617 e. The zero-order valence-electron chi connectivity index (χ0n) is 6.56. The molecule has 0 aromatic heterocycles. The molecule has 0 unspecified atom stereocenters. The van der Waals surface area contributed by atoms with Gasteiger partial charge in [-0.1, -0.05) is 34.8 Å². The fourth-order valence-electron chi connectivity index (χ4n) is 0.468. The van der Waals surface area contributed by atoms with Gasteiger partial charge in [-0.3, -0.25) is 4.79 Å². The third-order valence-corrected chi connectivity index (χ3v) is 2.97. The molecule has 0 heterocycles. The lowest BCUT2D eigenvalue weighted by Crippen LogP contribution is -2.22. The summed E-state index contributed by atoms with van der Waals surface area (Å²) in [6, 6.07) is 0. The van der Waals surface area contributed by atoms with Crippen molar-refractivity contribution < 1.29 is 8.58 Å². The van der Waals surface area contributed by atoms with E-state index in [1.54, 1.807) is 0 Å². The summed E-state index contributed by atoms with van der Waals surface area (Å²) in [7, 11) is 0. The molecule has 0 amide bonds. The lowest BCUT2D eigenvalue weighted by molar-refractivity contribution is -0.129. The summed E-state index contributed by atoms with van der Waals surface area (Å²) in [5.74, 6) is -0.843. The highest BCUT2D eigenvalue weighted by molar-refractivity contribution is 14.1. The number of alkyl halides is 3. The van der Waals surface area contributed by atoms with Crippen LogP contribution in [0.5, 0.6) is 0 Å². The second-order valence-corrected chi connectivity index (χ2v) is 6.57. The molecule has 0 saturated heterocycles. The van der Waals surface area contributed by atoms with Gasteiger partial charge in [0, 0.05) is 0 Å². The van der Waals surface area contributed by atoms with Crippen LogP contribution in [0.3, 0.4) is 0 Å².